The van der Waals surface area contributed by atoms with Gasteiger partial charge in [-0.05, 0) is 31.6 Å². The summed E-state index contributed by atoms with van der Waals surface area (Å²) in [5.41, 5.74) is -1.11. The number of aliphatic carboxylic acids is 1. The average molecular weight is 298 g/mol. The molecule has 0 atom stereocenters. The number of hydrogen-bond acceptors (Lipinski definition) is 3. The van der Waals surface area contributed by atoms with E-state index in [0.717, 1.165) is 38.5 Å². The van der Waals surface area contributed by atoms with Crippen molar-refractivity contribution in [3.63, 3.8) is 0 Å². The fourth-order valence-corrected chi connectivity index (χ4v) is 3.34. The normalized spacial score (nSPS) is 28.1. The Hall–Kier alpha value is -1.30. The molecule has 2 amide bonds. The Kier molecular flexibility index (Phi) is 5.08. The second-order valence-corrected chi connectivity index (χ2v) is 6.60. The number of carboxylic acid groups (broad SMARTS) is 1. The van der Waals surface area contributed by atoms with Crippen molar-refractivity contribution in [2.45, 2.75) is 63.0 Å². The molecule has 3 N–H and O–H groups in total. The van der Waals surface area contributed by atoms with E-state index >= 15 is 0 Å². The van der Waals surface area contributed by atoms with E-state index in [1.807, 2.05) is 0 Å². The van der Waals surface area contributed by atoms with Crippen LogP contribution in [0.25, 0.3) is 0 Å². The van der Waals surface area contributed by atoms with Gasteiger partial charge in [0.15, 0.2) is 0 Å². The number of aliphatic hydroxyl groups is 1. The fourth-order valence-electron chi connectivity index (χ4n) is 3.34. The monoisotopic (exact) mass is 298 g/mol. The van der Waals surface area contributed by atoms with Gasteiger partial charge in [0, 0.05) is 13.6 Å². The van der Waals surface area contributed by atoms with Crippen molar-refractivity contribution in [1.29, 1.82) is 0 Å². The van der Waals surface area contributed by atoms with E-state index in [9.17, 15) is 19.8 Å². The molecule has 0 spiro atoms. The molecule has 2 fully saturated rings. The molecular weight excluding hydrogens is 272 g/mol. The minimum absolute atomic E-state index is 0.237. The molecule has 2 rings (SSSR count). The summed E-state index contributed by atoms with van der Waals surface area (Å²) in [5, 5.41) is 21.6. The van der Waals surface area contributed by atoms with Crippen LogP contribution in [-0.2, 0) is 4.79 Å². The van der Waals surface area contributed by atoms with E-state index in [1.54, 1.807) is 11.9 Å². The number of urea groups is 1. The summed E-state index contributed by atoms with van der Waals surface area (Å²) in [7, 11) is 1.69. The van der Waals surface area contributed by atoms with Gasteiger partial charge in [-0.1, -0.05) is 25.7 Å². The van der Waals surface area contributed by atoms with Gasteiger partial charge in [-0.2, -0.15) is 0 Å². The Balaban J connectivity index is 1.92. The van der Waals surface area contributed by atoms with Crippen LogP contribution in [0.5, 0.6) is 0 Å². The Morgan fingerprint density at radius 2 is 1.76 bits per heavy atom. The van der Waals surface area contributed by atoms with Crippen molar-refractivity contribution in [3.8, 4) is 0 Å². The van der Waals surface area contributed by atoms with Gasteiger partial charge in [0.25, 0.3) is 0 Å². The van der Waals surface area contributed by atoms with Crippen LogP contribution in [0.1, 0.15) is 51.4 Å². The van der Waals surface area contributed by atoms with Gasteiger partial charge in [-0.3, -0.25) is 0 Å². The summed E-state index contributed by atoms with van der Waals surface area (Å²) < 4.78 is 0. The quantitative estimate of drug-likeness (QED) is 0.687. The zero-order valence-electron chi connectivity index (χ0n) is 12.7. The highest BCUT2D eigenvalue weighted by atomic mass is 16.4. The third-order valence-electron chi connectivity index (χ3n) is 4.80. The number of hydrogen-bond donors (Lipinski definition) is 3. The summed E-state index contributed by atoms with van der Waals surface area (Å²) in [4.78, 5) is 25.5. The second-order valence-electron chi connectivity index (χ2n) is 6.60. The molecule has 2 aliphatic carbocycles. The molecular formula is C15H26N2O4. The number of amides is 2. The molecule has 0 bridgehead atoms. The summed E-state index contributed by atoms with van der Waals surface area (Å²) in [6, 6.07) is -0.319. The first-order valence-electron chi connectivity index (χ1n) is 7.88. The number of aliphatic hydroxyl groups excluding tert-OH is 1. The SMILES string of the molecule is CN(CC1CC(O)C1)C(=O)NC1(C(=O)O)CCCCCC1. The maximum atomic E-state index is 12.3. The number of nitrogens with one attached hydrogen (secondary N) is 1. The summed E-state index contributed by atoms with van der Waals surface area (Å²) >= 11 is 0. The first-order chi connectivity index (χ1) is 9.93. The van der Waals surface area contributed by atoms with Crippen LogP contribution in [-0.4, -0.2) is 52.3 Å². The molecule has 0 aliphatic heterocycles. The number of carbonyl (C=O) groups is 2. The molecule has 0 aromatic rings. The van der Waals surface area contributed by atoms with Crippen molar-refractivity contribution in [2.24, 2.45) is 5.92 Å². The Morgan fingerprint density at radius 1 is 1.19 bits per heavy atom. The maximum Gasteiger partial charge on any atom is 0.329 e. The molecule has 0 radical (unpaired) electrons. The lowest BCUT2D eigenvalue weighted by Crippen LogP contribution is -2.57. The van der Waals surface area contributed by atoms with Gasteiger partial charge >= 0.3 is 12.0 Å². The van der Waals surface area contributed by atoms with E-state index in [0.29, 0.717) is 25.3 Å². The topological polar surface area (TPSA) is 89.9 Å². The Bertz CT molecular complexity index is 385. The number of nitrogens with zero attached hydrogens (tertiary/aromatic N) is 1. The maximum absolute atomic E-state index is 12.3. The molecule has 21 heavy (non-hydrogen) atoms. The number of rotatable bonds is 4. The first kappa shape index (κ1) is 16.1. The van der Waals surface area contributed by atoms with Gasteiger partial charge < -0.3 is 20.4 Å². The van der Waals surface area contributed by atoms with Crippen molar-refractivity contribution in [2.75, 3.05) is 13.6 Å². The van der Waals surface area contributed by atoms with Crippen LogP contribution < -0.4 is 5.32 Å². The molecule has 0 unspecified atom stereocenters. The van der Waals surface area contributed by atoms with Gasteiger partial charge in [0.2, 0.25) is 0 Å². The van der Waals surface area contributed by atoms with Crippen LogP contribution in [0.4, 0.5) is 4.79 Å². The molecule has 2 saturated carbocycles. The number of carboxylic acids is 1. The molecule has 2 aliphatic rings. The van der Waals surface area contributed by atoms with Crippen molar-refractivity contribution < 1.29 is 19.8 Å². The lowest BCUT2D eigenvalue weighted by atomic mass is 9.82. The van der Waals surface area contributed by atoms with E-state index in [2.05, 4.69) is 5.32 Å². The highest BCUT2D eigenvalue weighted by Gasteiger charge is 2.41. The van der Waals surface area contributed by atoms with Crippen LogP contribution >= 0.6 is 0 Å². The lowest BCUT2D eigenvalue weighted by Gasteiger charge is -2.36. The second kappa shape index (κ2) is 6.64. The summed E-state index contributed by atoms with van der Waals surface area (Å²) in [5.74, 6) is -0.601. The van der Waals surface area contributed by atoms with Crippen LogP contribution in [0.3, 0.4) is 0 Å². The summed E-state index contributed by atoms with van der Waals surface area (Å²) in [6.07, 6.45) is 5.95. The Morgan fingerprint density at radius 3 is 2.24 bits per heavy atom. The van der Waals surface area contributed by atoms with E-state index in [-0.39, 0.29) is 12.1 Å². The molecule has 6 nitrogen and oxygen atoms in total. The molecule has 0 heterocycles. The molecule has 0 saturated heterocycles. The van der Waals surface area contributed by atoms with Crippen molar-refractivity contribution in [1.82, 2.24) is 10.2 Å². The van der Waals surface area contributed by atoms with E-state index in [4.69, 9.17) is 0 Å². The molecule has 6 heteroatoms. The highest BCUT2D eigenvalue weighted by molar-refractivity contribution is 5.86. The average Bonchev–Trinajstić information content (AvgIpc) is 2.63. The molecule has 120 valence electrons. The first-order valence-corrected chi connectivity index (χ1v) is 7.88. The predicted molar refractivity (Wildman–Crippen MR) is 78.0 cm³/mol. The Labute approximate surface area is 125 Å². The largest absolute Gasteiger partial charge is 0.480 e. The van der Waals surface area contributed by atoms with E-state index < -0.39 is 11.5 Å². The van der Waals surface area contributed by atoms with E-state index in [1.165, 1.54) is 0 Å². The summed E-state index contributed by atoms with van der Waals surface area (Å²) in [6.45, 7) is 0.568. The predicted octanol–water partition coefficient (Wildman–Crippen LogP) is 1.58. The smallest absolute Gasteiger partial charge is 0.329 e. The number of carbonyl (C=O) groups excluding carboxylic acids is 1. The van der Waals surface area contributed by atoms with Gasteiger partial charge in [-0.25, -0.2) is 9.59 Å². The minimum atomic E-state index is -1.11. The lowest BCUT2D eigenvalue weighted by molar-refractivity contribution is -0.145. The standard InChI is InChI=1S/C15H26N2O4/c1-17(10-11-8-12(18)9-11)14(21)16-15(13(19)20)6-4-2-3-5-7-15/h11-12,18H,2-10H2,1H3,(H,16,21)(H,19,20). The zero-order valence-corrected chi connectivity index (χ0v) is 12.7. The minimum Gasteiger partial charge on any atom is -0.480 e. The van der Waals surface area contributed by atoms with Crippen molar-refractivity contribution in [3.05, 3.63) is 0 Å². The van der Waals surface area contributed by atoms with Gasteiger partial charge in [-0.15, -0.1) is 0 Å². The van der Waals surface area contributed by atoms with Crippen molar-refractivity contribution >= 4 is 12.0 Å². The van der Waals surface area contributed by atoms with Crippen LogP contribution in [0.2, 0.25) is 0 Å². The molecule has 0 aromatic carbocycles. The third kappa shape index (κ3) is 3.87. The van der Waals surface area contributed by atoms with Crippen LogP contribution in [0.15, 0.2) is 0 Å². The third-order valence-corrected chi connectivity index (χ3v) is 4.80. The van der Waals surface area contributed by atoms with Crippen LogP contribution in [0, 0.1) is 5.92 Å². The van der Waals surface area contributed by atoms with Gasteiger partial charge in [0.05, 0.1) is 6.10 Å². The zero-order chi connectivity index (χ0) is 15.5. The molecule has 0 aromatic heterocycles. The van der Waals surface area contributed by atoms with Gasteiger partial charge in [0.1, 0.15) is 5.54 Å². The fraction of sp³-hybridized carbons (Fsp3) is 0.867. The highest BCUT2D eigenvalue weighted by Crippen LogP contribution is 2.29.